The normalized spacial score (nSPS) is 23.9. The zero-order valence-corrected chi connectivity index (χ0v) is 11.6. The molecule has 94 valence electrons. The van der Waals surface area contributed by atoms with Crippen LogP contribution in [0, 0.1) is 0 Å². The monoisotopic (exact) mass is 251 g/mol. The van der Waals surface area contributed by atoms with E-state index in [0.717, 1.165) is 18.0 Å². The summed E-state index contributed by atoms with van der Waals surface area (Å²) in [6, 6.07) is 6.94. The van der Waals surface area contributed by atoms with Gasteiger partial charge in [-0.3, -0.25) is 0 Å². The van der Waals surface area contributed by atoms with Crippen LogP contribution in [-0.4, -0.2) is 18.9 Å². The summed E-state index contributed by atoms with van der Waals surface area (Å²) in [5.41, 5.74) is 2.87. The molecule has 0 amide bonds. The lowest BCUT2D eigenvalue weighted by Gasteiger charge is -2.20. The van der Waals surface area contributed by atoms with Gasteiger partial charge in [0, 0.05) is 17.0 Å². The maximum atomic E-state index is 5.34. The fraction of sp³-hybridized carbons (Fsp3) is 0.571. The second-order valence-corrected chi connectivity index (χ2v) is 5.96. The number of fused-ring (bicyclic) bond motifs is 1. The van der Waals surface area contributed by atoms with Crippen molar-refractivity contribution in [2.45, 2.75) is 37.3 Å². The average Bonchev–Trinajstić information content (AvgIpc) is 2.49. The predicted molar refractivity (Wildman–Crippen MR) is 74.8 cm³/mol. The first kappa shape index (κ1) is 12.8. The maximum Gasteiger partial charge on any atom is 0.119 e. The Labute approximate surface area is 108 Å². The summed E-state index contributed by atoms with van der Waals surface area (Å²) in [4.78, 5) is 0. The van der Waals surface area contributed by atoms with Gasteiger partial charge in [-0.15, -0.1) is 0 Å². The number of nitrogens with one attached hydrogen (secondary N) is 1. The third kappa shape index (κ3) is 2.96. The van der Waals surface area contributed by atoms with Gasteiger partial charge in [-0.25, -0.2) is 0 Å². The van der Waals surface area contributed by atoms with Gasteiger partial charge < -0.3 is 10.1 Å². The SMILES string of the molecule is CCNC1CC(C)SCc2ccc(OC)cc21. The molecule has 2 nitrogen and oxygen atoms in total. The van der Waals surface area contributed by atoms with E-state index in [2.05, 4.69) is 37.4 Å². The van der Waals surface area contributed by atoms with Gasteiger partial charge in [-0.05, 0) is 36.2 Å². The first-order valence-corrected chi connectivity index (χ1v) is 7.31. The van der Waals surface area contributed by atoms with E-state index in [4.69, 9.17) is 4.74 Å². The number of hydrogen-bond donors (Lipinski definition) is 1. The van der Waals surface area contributed by atoms with Crippen molar-refractivity contribution in [1.29, 1.82) is 0 Å². The largest absolute Gasteiger partial charge is 0.497 e. The fourth-order valence-electron chi connectivity index (χ4n) is 2.35. The Balaban J connectivity index is 2.34. The molecule has 2 rings (SSSR count). The van der Waals surface area contributed by atoms with Crippen LogP contribution >= 0.6 is 11.8 Å². The second-order valence-electron chi connectivity index (χ2n) is 4.53. The van der Waals surface area contributed by atoms with E-state index >= 15 is 0 Å². The van der Waals surface area contributed by atoms with Crippen LogP contribution in [0.15, 0.2) is 18.2 Å². The number of rotatable bonds is 3. The molecule has 0 saturated heterocycles. The number of methoxy groups -OCH3 is 1. The Kier molecular flexibility index (Phi) is 4.35. The zero-order chi connectivity index (χ0) is 12.3. The molecule has 17 heavy (non-hydrogen) atoms. The maximum absolute atomic E-state index is 5.34. The van der Waals surface area contributed by atoms with E-state index in [9.17, 15) is 0 Å². The quantitative estimate of drug-likeness (QED) is 0.890. The third-order valence-electron chi connectivity index (χ3n) is 3.27. The molecule has 3 heteroatoms. The van der Waals surface area contributed by atoms with E-state index in [1.807, 2.05) is 11.8 Å². The highest BCUT2D eigenvalue weighted by atomic mass is 32.2. The highest BCUT2D eigenvalue weighted by molar-refractivity contribution is 7.99. The lowest BCUT2D eigenvalue weighted by Crippen LogP contribution is -2.23. The molecular weight excluding hydrogens is 230 g/mol. The van der Waals surface area contributed by atoms with Gasteiger partial charge >= 0.3 is 0 Å². The van der Waals surface area contributed by atoms with Crippen molar-refractivity contribution in [3.63, 3.8) is 0 Å². The molecule has 2 unspecified atom stereocenters. The standard InChI is InChI=1S/C14H21NOS/c1-4-15-14-7-10(2)17-9-11-5-6-12(16-3)8-13(11)14/h5-6,8,10,14-15H,4,7,9H2,1-3H3. The highest BCUT2D eigenvalue weighted by Crippen LogP contribution is 2.36. The van der Waals surface area contributed by atoms with Crippen LogP contribution in [0.2, 0.25) is 0 Å². The average molecular weight is 251 g/mol. The fourth-order valence-corrected chi connectivity index (χ4v) is 3.41. The molecule has 0 saturated carbocycles. The van der Waals surface area contributed by atoms with Crippen LogP contribution in [0.4, 0.5) is 0 Å². The molecule has 0 aromatic heterocycles. The van der Waals surface area contributed by atoms with E-state index < -0.39 is 0 Å². The zero-order valence-electron chi connectivity index (χ0n) is 10.8. The van der Waals surface area contributed by atoms with Gasteiger partial charge in [0.25, 0.3) is 0 Å². The van der Waals surface area contributed by atoms with E-state index in [-0.39, 0.29) is 0 Å². The summed E-state index contributed by atoms with van der Waals surface area (Å²) in [5.74, 6) is 2.08. The van der Waals surface area contributed by atoms with Crippen molar-refractivity contribution in [3.05, 3.63) is 29.3 Å². The summed E-state index contributed by atoms with van der Waals surface area (Å²) in [6.45, 7) is 5.50. The van der Waals surface area contributed by atoms with Gasteiger partial charge in [0.2, 0.25) is 0 Å². The Morgan fingerprint density at radius 1 is 1.47 bits per heavy atom. The van der Waals surface area contributed by atoms with Gasteiger partial charge in [0.05, 0.1) is 7.11 Å². The summed E-state index contributed by atoms with van der Waals surface area (Å²) < 4.78 is 5.34. The van der Waals surface area contributed by atoms with Gasteiger partial charge in [-0.1, -0.05) is 19.9 Å². The first-order valence-electron chi connectivity index (χ1n) is 6.26. The molecule has 1 aromatic rings. The Hall–Kier alpha value is -0.670. The molecule has 0 radical (unpaired) electrons. The van der Waals surface area contributed by atoms with Crippen LogP contribution in [0.3, 0.4) is 0 Å². The minimum atomic E-state index is 0.468. The Morgan fingerprint density at radius 2 is 2.29 bits per heavy atom. The molecule has 1 aromatic carbocycles. The van der Waals surface area contributed by atoms with Crippen molar-refractivity contribution >= 4 is 11.8 Å². The van der Waals surface area contributed by atoms with Crippen LogP contribution < -0.4 is 10.1 Å². The van der Waals surface area contributed by atoms with Gasteiger partial charge in [0.15, 0.2) is 0 Å². The minimum Gasteiger partial charge on any atom is -0.497 e. The molecule has 0 bridgehead atoms. The third-order valence-corrected chi connectivity index (χ3v) is 4.51. The first-order chi connectivity index (χ1) is 8.24. The van der Waals surface area contributed by atoms with Crippen LogP contribution in [0.5, 0.6) is 5.75 Å². The molecular formula is C14H21NOS. The molecule has 0 aliphatic carbocycles. The molecule has 1 N–H and O–H groups in total. The van der Waals surface area contributed by atoms with E-state index in [0.29, 0.717) is 11.3 Å². The highest BCUT2D eigenvalue weighted by Gasteiger charge is 2.22. The number of ether oxygens (including phenoxy) is 1. The number of benzene rings is 1. The summed E-state index contributed by atoms with van der Waals surface area (Å²) >= 11 is 2.04. The molecule has 2 atom stereocenters. The van der Waals surface area contributed by atoms with Gasteiger partial charge in [-0.2, -0.15) is 11.8 Å². The number of thioether (sulfide) groups is 1. The molecule has 1 aliphatic rings. The van der Waals surface area contributed by atoms with Crippen LogP contribution in [-0.2, 0) is 5.75 Å². The lowest BCUT2D eigenvalue weighted by molar-refractivity contribution is 0.412. The topological polar surface area (TPSA) is 21.3 Å². The summed E-state index contributed by atoms with van der Waals surface area (Å²) in [6.07, 6.45) is 1.19. The molecule has 1 aliphatic heterocycles. The Bertz CT molecular complexity index is 380. The van der Waals surface area contributed by atoms with Crippen LogP contribution in [0.25, 0.3) is 0 Å². The second kappa shape index (κ2) is 5.78. The van der Waals surface area contributed by atoms with Crippen molar-refractivity contribution in [3.8, 4) is 5.75 Å². The Morgan fingerprint density at radius 3 is 3.00 bits per heavy atom. The predicted octanol–water partition coefficient (Wildman–Crippen LogP) is 3.37. The van der Waals surface area contributed by atoms with Crippen LogP contribution in [0.1, 0.15) is 37.4 Å². The molecule has 0 spiro atoms. The smallest absolute Gasteiger partial charge is 0.119 e. The number of hydrogen-bond acceptors (Lipinski definition) is 3. The summed E-state index contributed by atoms with van der Waals surface area (Å²) in [5, 5.41) is 4.30. The summed E-state index contributed by atoms with van der Waals surface area (Å²) in [7, 11) is 1.73. The van der Waals surface area contributed by atoms with Crippen molar-refractivity contribution in [2.24, 2.45) is 0 Å². The lowest BCUT2D eigenvalue weighted by atomic mass is 9.97. The van der Waals surface area contributed by atoms with Crippen molar-refractivity contribution in [1.82, 2.24) is 5.32 Å². The minimum absolute atomic E-state index is 0.468. The van der Waals surface area contributed by atoms with Crippen molar-refractivity contribution < 1.29 is 4.74 Å². The molecule has 0 fully saturated rings. The van der Waals surface area contributed by atoms with E-state index in [1.54, 1.807) is 7.11 Å². The molecule has 1 heterocycles. The van der Waals surface area contributed by atoms with Gasteiger partial charge in [0.1, 0.15) is 5.75 Å². The van der Waals surface area contributed by atoms with Crippen molar-refractivity contribution in [2.75, 3.05) is 13.7 Å². The van der Waals surface area contributed by atoms with E-state index in [1.165, 1.54) is 17.5 Å².